The van der Waals surface area contributed by atoms with Crippen molar-refractivity contribution in [1.29, 1.82) is 5.26 Å². The standard InChI is InChI=1S/C19H15N3S/c20-14-17-6-7-18(16-8-11-21-12-9-16)22-19(17)23-13-10-15-4-2-1-3-5-15/h1-9,11-12H,10,13H2. The van der Waals surface area contributed by atoms with Crippen LogP contribution in [0.3, 0.4) is 0 Å². The van der Waals surface area contributed by atoms with Crippen molar-refractivity contribution in [1.82, 2.24) is 9.97 Å². The van der Waals surface area contributed by atoms with E-state index in [1.54, 1.807) is 24.2 Å². The van der Waals surface area contributed by atoms with Gasteiger partial charge in [0, 0.05) is 23.7 Å². The number of hydrogen-bond acceptors (Lipinski definition) is 4. The van der Waals surface area contributed by atoms with Crippen LogP contribution in [0.2, 0.25) is 0 Å². The quantitative estimate of drug-likeness (QED) is 0.656. The van der Waals surface area contributed by atoms with Gasteiger partial charge in [0.25, 0.3) is 0 Å². The Balaban J connectivity index is 1.76. The molecule has 4 heteroatoms. The van der Waals surface area contributed by atoms with Crippen LogP contribution in [0, 0.1) is 11.3 Å². The van der Waals surface area contributed by atoms with E-state index in [9.17, 15) is 5.26 Å². The molecule has 3 rings (SSSR count). The van der Waals surface area contributed by atoms with Crippen molar-refractivity contribution in [2.45, 2.75) is 11.4 Å². The van der Waals surface area contributed by atoms with Gasteiger partial charge in [-0.3, -0.25) is 4.98 Å². The van der Waals surface area contributed by atoms with Gasteiger partial charge in [0.05, 0.1) is 11.3 Å². The van der Waals surface area contributed by atoms with Crippen molar-refractivity contribution in [3.63, 3.8) is 0 Å². The van der Waals surface area contributed by atoms with E-state index in [4.69, 9.17) is 0 Å². The molecule has 0 atom stereocenters. The highest BCUT2D eigenvalue weighted by Crippen LogP contribution is 2.25. The number of hydrogen-bond donors (Lipinski definition) is 0. The molecular formula is C19H15N3S. The Labute approximate surface area is 140 Å². The molecule has 0 saturated heterocycles. The summed E-state index contributed by atoms with van der Waals surface area (Å²) in [5, 5.41) is 10.1. The lowest BCUT2D eigenvalue weighted by Gasteiger charge is -2.07. The number of thioether (sulfide) groups is 1. The van der Waals surface area contributed by atoms with Crippen molar-refractivity contribution in [3.8, 4) is 17.3 Å². The molecule has 0 amide bonds. The van der Waals surface area contributed by atoms with E-state index in [2.05, 4.69) is 28.2 Å². The van der Waals surface area contributed by atoms with Crippen LogP contribution in [-0.4, -0.2) is 15.7 Å². The maximum Gasteiger partial charge on any atom is 0.115 e. The van der Waals surface area contributed by atoms with Crippen LogP contribution in [0.1, 0.15) is 11.1 Å². The maximum atomic E-state index is 9.28. The second-order valence-corrected chi connectivity index (χ2v) is 6.06. The van der Waals surface area contributed by atoms with Gasteiger partial charge < -0.3 is 0 Å². The van der Waals surface area contributed by atoms with Crippen LogP contribution in [0.5, 0.6) is 0 Å². The Hall–Kier alpha value is -2.64. The van der Waals surface area contributed by atoms with Crippen molar-refractivity contribution >= 4 is 11.8 Å². The number of rotatable bonds is 5. The van der Waals surface area contributed by atoms with E-state index in [1.807, 2.05) is 42.5 Å². The van der Waals surface area contributed by atoms with E-state index in [0.717, 1.165) is 28.5 Å². The van der Waals surface area contributed by atoms with Crippen LogP contribution in [0.4, 0.5) is 0 Å². The monoisotopic (exact) mass is 317 g/mol. The number of pyridine rings is 2. The first-order valence-electron chi connectivity index (χ1n) is 7.35. The van der Waals surface area contributed by atoms with E-state index >= 15 is 0 Å². The fraction of sp³-hybridized carbons (Fsp3) is 0.105. The topological polar surface area (TPSA) is 49.6 Å². The molecule has 23 heavy (non-hydrogen) atoms. The smallest absolute Gasteiger partial charge is 0.115 e. The fourth-order valence-corrected chi connectivity index (χ4v) is 3.19. The highest BCUT2D eigenvalue weighted by atomic mass is 32.2. The molecule has 0 saturated carbocycles. The van der Waals surface area contributed by atoms with Gasteiger partial charge in [-0.05, 0) is 36.2 Å². The van der Waals surface area contributed by atoms with Crippen molar-refractivity contribution < 1.29 is 0 Å². The van der Waals surface area contributed by atoms with E-state index in [1.165, 1.54) is 5.56 Å². The zero-order valence-corrected chi connectivity index (χ0v) is 13.3. The predicted molar refractivity (Wildman–Crippen MR) is 93.1 cm³/mol. The summed E-state index contributed by atoms with van der Waals surface area (Å²) in [6.45, 7) is 0. The number of aryl methyl sites for hydroxylation is 1. The molecule has 0 bridgehead atoms. The largest absolute Gasteiger partial charge is 0.265 e. The van der Waals surface area contributed by atoms with Crippen LogP contribution in [-0.2, 0) is 6.42 Å². The molecule has 0 unspecified atom stereocenters. The first kappa shape index (κ1) is 15.3. The summed E-state index contributed by atoms with van der Waals surface area (Å²) in [5.74, 6) is 0.894. The molecule has 3 aromatic rings. The van der Waals surface area contributed by atoms with Gasteiger partial charge >= 0.3 is 0 Å². The average Bonchev–Trinajstić information content (AvgIpc) is 2.63. The lowest BCUT2D eigenvalue weighted by Crippen LogP contribution is -1.94. The molecule has 0 fully saturated rings. The Morgan fingerprint density at radius 3 is 2.48 bits per heavy atom. The second-order valence-electron chi connectivity index (χ2n) is 4.98. The average molecular weight is 317 g/mol. The molecule has 0 aliphatic heterocycles. The third-order valence-electron chi connectivity index (χ3n) is 3.43. The molecule has 2 heterocycles. The minimum atomic E-state index is 0.626. The van der Waals surface area contributed by atoms with Gasteiger partial charge in [-0.2, -0.15) is 5.26 Å². The second kappa shape index (κ2) is 7.57. The summed E-state index contributed by atoms with van der Waals surface area (Å²) in [4.78, 5) is 8.68. The lowest BCUT2D eigenvalue weighted by atomic mass is 10.1. The Kier molecular flexibility index (Phi) is 5.02. The predicted octanol–water partition coefficient (Wildman–Crippen LogP) is 4.35. The van der Waals surface area contributed by atoms with Crippen LogP contribution in [0.25, 0.3) is 11.3 Å². The Bertz CT molecular complexity index is 811. The molecule has 0 radical (unpaired) electrons. The number of nitrogens with zero attached hydrogens (tertiary/aromatic N) is 3. The molecule has 2 aromatic heterocycles. The first-order valence-corrected chi connectivity index (χ1v) is 8.33. The number of nitriles is 1. The summed E-state index contributed by atoms with van der Waals surface area (Å²) in [5.41, 5.74) is 3.80. The summed E-state index contributed by atoms with van der Waals surface area (Å²) >= 11 is 1.63. The number of aromatic nitrogens is 2. The minimum Gasteiger partial charge on any atom is -0.265 e. The molecule has 0 aliphatic carbocycles. The van der Waals surface area contributed by atoms with Crippen molar-refractivity contribution in [2.24, 2.45) is 0 Å². The molecule has 112 valence electrons. The SMILES string of the molecule is N#Cc1ccc(-c2ccncc2)nc1SCCc1ccccc1. The van der Waals surface area contributed by atoms with Crippen LogP contribution < -0.4 is 0 Å². The van der Waals surface area contributed by atoms with E-state index < -0.39 is 0 Å². The highest BCUT2D eigenvalue weighted by molar-refractivity contribution is 7.99. The maximum absolute atomic E-state index is 9.28. The Morgan fingerprint density at radius 2 is 1.74 bits per heavy atom. The minimum absolute atomic E-state index is 0.626. The third kappa shape index (κ3) is 3.97. The zero-order chi connectivity index (χ0) is 15.9. The first-order chi connectivity index (χ1) is 11.4. The lowest BCUT2D eigenvalue weighted by molar-refractivity contribution is 1.10. The summed E-state index contributed by atoms with van der Waals surface area (Å²) in [6.07, 6.45) is 4.45. The van der Waals surface area contributed by atoms with Crippen molar-refractivity contribution in [3.05, 3.63) is 78.1 Å². The van der Waals surface area contributed by atoms with Crippen LogP contribution in [0.15, 0.2) is 72.0 Å². The molecule has 1 aromatic carbocycles. The van der Waals surface area contributed by atoms with Crippen molar-refractivity contribution in [2.75, 3.05) is 5.75 Å². The highest BCUT2D eigenvalue weighted by Gasteiger charge is 2.08. The van der Waals surface area contributed by atoms with Gasteiger partial charge in [0.15, 0.2) is 0 Å². The molecule has 0 N–H and O–H groups in total. The third-order valence-corrected chi connectivity index (χ3v) is 4.42. The van der Waals surface area contributed by atoms with Gasteiger partial charge in [0.1, 0.15) is 11.1 Å². The fourth-order valence-electron chi connectivity index (χ4n) is 2.23. The molecular weight excluding hydrogens is 302 g/mol. The zero-order valence-electron chi connectivity index (χ0n) is 12.5. The van der Waals surface area contributed by atoms with Gasteiger partial charge in [-0.15, -0.1) is 11.8 Å². The van der Waals surface area contributed by atoms with E-state index in [-0.39, 0.29) is 0 Å². The Morgan fingerprint density at radius 1 is 0.957 bits per heavy atom. The van der Waals surface area contributed by atoms with E-state index in [0.29, 0.717) is 5.56 Å². The summed E-state index contributed by atoms with van der Waals surface area (Å²) < 4.78 is 0. The summed E-state index contributed by atoms with van der Waals surface area (Å²) in [6, 6.07) is 20.1. The van der Waals surface area contributed by atoms with Gasteiger partial charge in [0.2, 0.25) is 0 Å². The van der Waals surface area contributed by atoms with Gasteiger partial charge in [-0.1, -0.05) is 30.3 Å². The molecule has 0 spiro atoms. The van der Waals surface area contributed by atoms with Gasteiger partial charge in [-0.25, -0.2) is 4.98 Å². The number of benzene rings is 1. The normalized spacial score (nSPS) is 10.2. The van der Waals surface area contributed by atoms with Crippen LogP contribution >= 0.6 is 11.8 Å². The summed E-state index contributed by atoms with van der Waals surface area (Å²) in [7, 11) is 0. The molecule has 0 aliphatic rings. The molecule has 3 nitrogen and oxygen atoms in total.